The Morgan fingerprint density at radius 1 is 1.36 bits per heavy atom. The first kappa shape index (κ1) is 17.4. The second-order valence-electron chi connectivity index (χ2n) is 6.45. The van der Waals surface area contributed by atoms with Crippen LogP contribution in [0.25, 0.3) is 0 Å². The van der Waals surface area contributed by atoms with Crippen LogP contribution in [0.2, 0.25) is 0 Å². The smallest absolute Gasteiger partial charge is 0.253 e. The first-order chi connectivity index (χ1) is 12.1. The first-order valence-corrected chi connectivity index (χ1v) is 8.56. The fourth-order valence-electron chi connectivity index (χ4n) is 2.94. The number of ether oxygens (including phenoxy) is 1. The number of carbonyl (C=O) groups is 1. The van der Waals surface area contributed by atoms with Gasteiger partial charge in [-0.05, 0) is 31.4 Å². The molecular weight excluding hydrogens is 325 g/mol. The molecule has 2 aromatic rings. The Labute approximate surface area is 146 Å². The van der Waals surface area contributed by atoms with Crippen LogP contribution >= 0.6 is 0 Å². The van der Waals surface area contributed by atoms with Crippen LogP contribution in [0.1, 0.15) is 50.9 Å². The van der Waals surface area contributed by atoms with E-state index >= 15 is 0 Å². The van der Waals surface area contributed by atoms with E-state index in [0.717, 1.165) is 19.3 Å². The molecule has 0 unspecified atom stereocenters. The van der Waals surface area contributed by atoms with Crippen LogP contribution in [-0.4, -0.2) is 27.5 Å². The third-order valence-corrected chi connectivity index (χ3v) is 4.24. The molecule has 1 aromatic heterocycles. The largest absolute Gasteiger partial charge is 0.481 e. The van der Waals surface area contributed by atoms with E-state index in [1.807, 2.05) is 18.7 Å². The number of halogens is 1. The average molecular weight is 347 g/mol. The molecule has 25 heavy (non-hydrogen) atoms. The van der Waals surface area contributed by atoms with E-state index < -0.39 is 5.82 Å². The van der Waals surface area contributed by atoms with E-state index in [4.69, 9.17) is 9.15 Å². The van der Waals surface area contributed by atoms with Crippen molar-refractivity contribution in [2.45, 2.75) is 45.8 Å². The van der Waals surface area contributed by atoms with Crippen molar-refractivity contribution in [3.8, 4) is 5.75 Å². The van der Waals surface area contributed by atoms with Gasteiger partial charge in [-0.1, -0.05) is 26.0 Å². The number of amides is 1. The predicted octanol–water partition coefficient (Wildman–Crippen LogP) is 3.50. The number of carbonyl (C=O) groups excluding carboxylic acids is 1. The van der Waals surface area contributed by atoms with Crippen molar-refractivity contribution in [1.29, 1.82) is 0 Å². The highest BCUT2D eigenvalue weighted by molar-refractivity contribution is 5.78. The first-order valence-electron chi connectivity index (χ1n) is 8.56. The Balaban J connectivity index is 1.69. The minimum atomic E-state index is -0.441. The molecule has 7 heteroatoms. The molecule has 1 saturated heterocycles. The molecule has 0 saturated carbocycles. The summed E-state index contributed by atoms with van der Waals surface area (Å²) >= 11 is 0. The summed E-state index contributed by atoms with van der Waals surface area (Å²) in [6, 6.07) is 5.95. The van der Waals surface area contributed by atoms with Gasteiger partial charge in [-0.3, -0.25) is 4.79 Å². The summed E-state index contributed by atoms with van der Waals surface area (Å²) in [5.74, 6) is 0.390. The lowest BCUT2D eigenvalue weighted by Gasteiger charge is -2.34. The van der Waals surface area contributed by atoms with Crippen molar-refractivity contribution < 1.29 is 18.3 Å². The molecule has 1 amide bonds. The Hall–Kier alpha value is -2.44. The van der Waals surface area contributed by atoms with Crippen LogP contribution < -0.4 is 4.74 Å². The van der Waals surface area contributed by atoms with E-state index in [0.29, 0.717) is 12.4 Å². The summed E-state index contributed by atoms with van der Waals surface area (Å²) in [5.41, 5.74) is 0. The molecule has 0 N–H and O–H groups in total. The molecule has 1 aromatic carbocycles. The van der Waals surface area contributed by atoms with Crippen molar-refractivity contribution in [1.82, 2.24) is 15.1 Å². The second kappa shape index (κ2) is 7.63. The molecule has 0 radical (unpaired) electrons. The summed E-state index contributed by atoms with van der Waals surface area (Å²) in [7, 11) is 0. The normalized spacial score (nSPS) is 17.8. The average Bonchev–Trinajstić information content (AvgIpc) is 3.09. The maximum atomic E-state index is 13.6. The molecule has 3 rings (SSSR count). The summed E-state index contributed by atoms with van der Waals surface area (Å²) < 4.78 is 24.6. The summed E-state index contributed by atoms with van der Waals surface area (Å²) in [6.45, 7) is 4.45. The van der Waals surface area contributed by atoms with Crippen molar-refractivity contribution in [2.24, 2.45) is 5.92 Å². The zero-order valence-electron chi connectivity index (χ0n) is 14.4. The van der Waals surface area contributed by atoms with Crippen LogP contribution in [0.3, 0.4) is 0 Å². The fraction of sp³-hybridized carbons (Fsp3) is 0.500. The molecule has 1 aliphatic rings. The Kier molecular flexibility index (Phi) is 5.31. The predicted molar refractivity (Wildman–Crippen MR) is 88.2 cm³/mol. The number of hydrogen-bond donors (Lipinski definition) is 0. The van der Waals surface area contributed by atoms with Crippen LogP contribution in [0.4, 0.5) is 4.39 Å². The van der Waals surface area contributed by atoms with E-state index in [-0.39, 0.29) is 36.1 Å². The van der Waals surface area contributed by atoms with Crippen LogP contribution in [0.5, 0.6) is 5.75 Å². The molecule has 1 aliphatic heterocycles. The maximum absolute atomic E-state index is 13.6. The fourth-order valence-corrected chi connectivity index (χ4v) is 2.94. The number of benzene rings is 1. The van der Waals surface area contributed by atoms with Crippen molar-refractivity contribution in [3.05, 3.63) is 41.9 Å². The Bertz CT molecular complexity index is 732. The molecule has 0 bridgehead atoms. The third-order valence-electron chi connectivity index (χ3n) is 4.24. The maximum Gasteiger partial charge on any atom is 0.253 e. The lowest BCUT2D eigenvalue weighted by molar-refractivity contribution is -0.139. The van der Waals surface area contributed by atoms with Gasteiger partial charge in [0.2, 0.25) is 11.8 Å². The number of hydrogen-bond acceptors (Lipinski definition) is 5. The van der Waals surface area contributed by atoms with Crippen LogP contribution in [0.15, 0.2) is 28.7 Å². The highest BCUT2D eigenvalue weighted by Crippen LogP contribution is 2.31. The number of likely N-dealkylation sites (tertiary alicyclic amines) is 1. The lowest BCUT2D eigenvalue weighted by atomic mass is 10.00. The van der Waals surface area contributed by atoms with Gasteiger partial charge in [-0.2, -0.15) is 0 Å². The highest BCUT2D eigenvalue weighted by Gasteiger charge is 2.32. The molecule has 0 aliphatic carbocycles. The summed E-state index contributed by atoms with van der Waals surface area (Å²) in [4.78, 5) is 14.2. The molecular formula is C18H22FN3O3. The van der Waals surface area contributed by atoms with E-state index in [9.17, 15) is 9.18 Å². The monoisotopic (exact) mass is 347 g/mol. The van der Waals surface area contributed by atoms with Gasteiger partial charge in [0.05, 0.1) is 0 Å². The van der Waals surface area contributed by atoms with Crippen molar-refractivity contribution in [3.63, 3.8) is 0 Å². The molecule has 2 heterocycles. The topological polar surface area (TPSA) is 68.5 Å². The van der Waals surface area contributed by atoms with Gasteiger partial charge in [0.15, 0.2) is 18.2 Å². The van der Waals surface area contributed by atoms with Gasteiger partial charge in [0.1, 0.15) is 6.04 Å². The van der Waals surface area contributed by atoms with Crippen LogP contribution in [0, 0.1) is 11.7 Å². The number of para-hydroxylation sites is 1. The van der Waals surface area contributed by atoms with Crippen molar-refractivity contribution >= 4 is 5.91 Å². The molecule has 0 spiro atoms. The minimum absolute atomic E-state index is 0.0151. The summed E-state index contributed by atoms with van der Waals surface area (Å²) in [5, 5.41) is 8.05. The van der Waals surface area contributed by atoms with Gasteiger partial charge in [0.25, 0.3) is 5.89 Å². The van der Waals surface area contributed by atoms with Crippen LogP contribution in [-0.2, 0) is 11.4 Å². The standard InChI is InChI=1S/C18H22FN3O3/c1-12(2)18(23)22-10-6-5-8-14(22)17-21-20-16(25-17)11-24-15-9-4-3-7-13(15)19/h3-4,7,9,12,14H,5-6,8,10-11H2,1-2H3/t14-/m0/s1. The van der Waals surface area contributed by atoms with Gasteiger partial charge < -0.3 is 14.1 Å². The number of aromatic nitrogens is 2. The molecule has 1 fully saturated rings. The van der Waals surface area contributed by atoms with E-state index in [2.05, 4.69) is 10.2 Å². The van der Waals surface area contributed by atoms with Gasteiger partial charge in [0, 0.05) is 12.5 Å². The Morgan fingerprint density at radius 2 is 2.16 bits per heavy atom. The zero-order valence-corrected chi connectivity index (χ0v) is 14.4. The summed E-state index contributed by atoms with van der Waals surface area (Å²) in [6.07, 6.45) is 2.79. The van der Waals surface area contributed by atoms with Crippen molar-refractivity contribution in [2.75, 3.05) is 6.54 Å². The van der Waals surface area contributed by atoms with E-state index in [1.165, 1.54) is 12.1 Å². The second-order valence-corrected chi connectivity index (χ2v) is 6.45. The molecule has 134 valence electrons. The number of piperidine rings is 1. The SMILES string of the molecule is CC(C)C(=O)N1CCCC[C@H]1c1nnc(COc2ccccc2F)o1. The number of rotatable bonds is 5. The van der Waals surface area contributed by atoms with Gasteiger partial charge in [-0.25, -0.2) is 4.39 Å². The molecule has 6 nitrogen and oxygen atoms in total. The van der Waals surface area contributed by atoms with Gasteiger partial charge in [-0.15, -0.1) is 10.2 Å². The molecule has 1 atom stereocenters. The highest BCUT2D eigenvalue weighted by atomic mass is 19.1. The minimum Gasteiger partial charge on any atom is -0.481 e. The van der Waals surface area contributed by atoms with E-state index in [1.54, 1.807) is 12.1 Å². The third kappa shape index (κ3) is 3.97. The quantitative estimate of drug-likeness (QED) is 0.828. The lowest BCUT2D eigenvalue weighted by Crippen LogP contribution is -2.40. The number of nitrogens with zero attached hydrogens (tertiary/aromatic N) is 3. The zero-order chi connectivity index (χ0) is 17.8. The Morgan fingerprint density at radius 3 is 2.92 bits per heavy atom. The van der Waals surface area contributed by atoms with Gasteiger partial charge >= 0.3 is 0 Å².